The molecule has 0 radical (unpaired) electrons. The lowest BCUT2D eigenvalue weighted by Gasteiger charge is -2.08. The van der Waals surface area contributed by atoms with E-state index in [4.69, 9.17) is 0 Å². The molecule has 1 aromatic carbocycles. The smallest absolute Gasteiger partial charge is 0.338 e. The summed E-state index contributed by atoms with van der Waals surface area (Å²) in [6.07, 6.45) is 0. The number of carbonyl (C=O) groups is 1. The molecule has 0 bridgehead atoms. The average Bonchev–Trinajstić information content (AvgIpc) is 2.13. The maximum atomic E-state index is 11.5. The van der Waals surface area contributed by atoms with Crippen LogP contribution in [0.5, 0.6) is 0 Å². The molecule has 1 aromatic rings. The highest BCUT2D eigenvalue weighted by Crippen LogP contribution is 2.17. The van der Waals surface area contributed by atoms with Crippen LogP contribution in [0, 0.1) is 3.57 Å². The molecule has 8 heteroatoms. The molecule has 0 aliphatic carbocycles. The van der Waals surface area contributed by atoms with E-state index in [0.717, 1.165) is 3.57 Å². The Morgan fingerprint density at radius 1 is 1.41 bits per heavy atom. The van der Waals surface area contributed by atoms with E-state index in [0.29, 0.717) is 10.0 Å². The van der Waals surface area contributed by atoms with Gasteiger partial charge >= 0.3 is 5.97 Å². The fourth-order valence-electron chi connectivity index (χ4n) is 0.991. The summed E-state index contributed by atoms with van der Waals surface area (Å²) in [6, 6.07) is 4.95. The lowest BCUT2D eigenvalue weighted by atomic mass is 10.2. The lowest BCUT2D eigenvalue weighted by Crippen LogP contribution is -2.15. The summed E-state index contributed by atoms with van der Waals surface area (Å²) in [5, 5.41) is 0. The quantitative estimate of drug-likeness (QED) is 0.410. The summed E-state index contributed by atoms with van der Waals surface area (Å²) in [6.45, 7) is -0.437. The number of ether oxygens (including phenoxy) is 1. The van der Waals surface area contributed by atoms with Crippen molar-refractivity contribution in [1.29, 1.82) is 0 Å². The van der Waals surface area contributed by atoms with Crippen LogP contribution in [0.25, 0.3) is 0 Å². The van der Waals surface area contributed by atoms with E-state index >= 15 is 0 Å². The summed E-state index contributed by atoms with van der Waals surface area (Å²) in [7, 11) is -4.36. The Morgan fingerprint density at radius 2 is 2.06 bits per heavy atom. The van der Waals surface area contributed by atoms with Gasteiger partial charge in [-0.2, -0.15) is 0 Å². The van der Waals surface area contributed by atoms with Crippen molar-refractivity contribution in [3.8, 4) is 0 Å². The monoisotopic (exact) mass is 433 g/mol. The summed E-state index contributed by atoms with van der Waals surface area (Å²) in [5.41, 5.74) is 0.298. The van der Waals surface area contributed by atoms with Gasteiger partial charge in [0.05, 0.1) is 21.4 Å². The zero-order valence-electron chi connectivity index (χ0n) is 8.35. The van der Waals surface area contributed by atoms with Crippen LogP contribution in [-0.4, -0.2) is 31.3 Å². The second-order valence-electron chi connectivity index (χ2n) is 3.06. The number of rotatable bonds is 4. The van der Waals surface area contributed by atoms with Crippen LogP contribution >= 0.6 is 38.5 Å². The molecule has 1 rings (SSSR count). The Labute approximate surface area is 121 Å². The largest absolute Gasteiger partial charge is 0.748 e. The van der Waals surface area contributed by atoms with Gasteiger partial charge in [0, 0.05) is 8.04 Å². The minimum absolute atomic E-state index is 0.298. The van der Waals surface area contributed by atoms with Gasteiger partial charge < -0.3 is 9.29 Å². The number of hydrogen-bond donors (Lipinski definition) is 0. The van der Waals surface area contributed by atoms with Gasteiger partial charge in [0.1, 0.15) is 6.61 Å². The Balaban J connectivity index is 2.64. The van der Waals surface area contributed by atoms with Crippen molar-refractivity contribution < 1.29 is 22.5 Å². The molecule has 0 N–H and O–H groups in total. The highest BCUT2D eigenvalue weighted by molar-refractivity contribution is 14.1. The third kappa shape index (κ3) is 5.80. The molecule has 17 heavy (non-hydrogen) atoms. The molecule has 0 saturated heterocycles. The van der Waals surface area contributed by atoms with E-state index in [1.54, 1.807) is 18.2 Å². The third-order valence-corrected chi connectivity index (χ3v) is 3.41. The van der Waals surface area contributed by atoms with Crippen molar-refractivity contribution in [2.45, 2.75) is 0 Å². The SMILES string of the molecule is O=C(OCCS(=O)(=O)[O-])c1cc(Br)cc(I)c1. The van der Waals surface area contributed by atoms with Gasteiger partial charge in [-0.25, -0.2) is 13.2 Å². The van der Waals surface area contributed by atoms with Gasteiger partial charge in [-0.15, -0.1) is 0 Å². The Hall–Kier alpha value is -0.190. The standard InChI is InChI=1S/C9H8BrIO5S/c10-7-3-6(4-8(11)5-7)9(12)16-1-2-17(13,14)15/h3-5H,1-2H2,(H,13,14,15)/p-1. The van der Waals surface area contributed by atoms with Crippen LogP contribution in [0.4, 0.5) is 0 Å². The zero-order valence-corrected chi connectivity index (χ0v) is 12.9. The fraction of sp³-hybridized carbons (Fsp3) is 0.222. The number of carbonyl (C=O) groups excluding carboxylic acids is 1. The molecule has 0 spiro atoms. The average molecular weight is 434 g/mol. The first kappa shape index (κ1) is 14.9. The first-order valence-corrected chi connectivity index (χ1v) is 7.79. The molecule has 94 valence electrons. The molecular formula is C9H7BrIO5S-. The maximum absolute atomic E-state index is 11.5. The number of halogens is 2. The molecule has 0 amide bonds. The van der Waals surface area contributed by atoms with Crippen molar-refractivity contribution in [1.82, 2.24) is 0 Å². The van der Waals surface area contributed by atoms with Crippen molar-refractivity contribution >= 4 is 54.6 Å². The zero-order chi connectivity index (χ0) is 13.1. The molecule has 0 atom stereocenters. The molecule has 0 saturated carbocycles. The molecular weight excluding hydrogens is 427 g/mol. The van der Waals surface area contributed by atoms with Crippen molar-refractivity contribution in [2.24, 2.45) is 0 Å². The van der Waals surface area contributed by atoms with E-state index in [9.17, 15) is 17.8 Å². The van der Waals surface area contributed by atoms with Crippen molar-refractivity contribution in [2.75, 3.05) is 12.4 Å². The molecule has 5 nitrogen and oxygen atoms in total. The number of hydrogen-bond acceptors (Lipinski definition) is 5. The van der Waals surface area contributed by atoms with Crippen LogP contribution in [0.3, 0.4) is 0 Å². The third-order valence-electron chi connectivity index (χ3n) is 1.66. The van der Waals surface area contributed by atoms with Gasteiger partial charge in [-0.3, -0.25) is 0 Å². The number of esters is 1. The Kier molecular flexibility index (Phi) is 5.35. The second kappa shape index (κ2) is 6.12. The van der Waals surface area contributed by atoms with E-state index in [2.05, 4.69) is 20.7 Å². The molecule has 0 aliphatic rings. The van der Waals surface area contributed by atoms with E-state index in [1.807, 2.05) is 22.6 Å². The van der Waals surface area contributed by atoms with Crippen molar-refractivity contribution in [3.05, 3.63) is 31.8 Å². The summed E-state index contributed by atoms with van der Waals surface area (Å²) >= 11 is 5.25. The number of benzene rings is 1. The predicted molar refractivity (Wildman–Crippen MR) is 71.7 cm³/mol. The van der Waals surface area contributed by atoms with Crippen LogP contribution in [0.2, 0.25) is 0 Å². The minimum atomic E-state index is -4.36. The van der Waals surface area contributed by atoms with Gasteiger partial charge in [-0.1, -0.05) is 15.9 Å². The second-order valence-corrected chi connectivity index (χ2v) is 6.74. The molecule has 0 aliphatic heterocycles. The molecule has 0 unspecified atom stereocenters. The summed E-state index contributed by atoms with van der Waals surface area (Å²) < 4.78 is 37.1. The van der Waals surface area contributed by atoms with Gasteiger partial charge in [0.25, 0.3) is 0 Å². The fourth-order valence-corrected chi connectivity index (χ4v) is 2.87. The van der Waals surface area contributed by atoms with Gasteiger partial charge in [-0.05, 0) is 40.8 Å². The highest BCUT2D eigenvalue weighted by Gasteiger charge is 2.09. The molecule has 0 fully saturated rings. The summed E-state index contributed by atoms with van der Waals surface area (Å²) in [4.78, 5) is 11.5. The topological polar surface area (TPSA) is 83.5 Å². The Bertz CT molecular complexity index is 508. The van der Waals surface area contributed by atoms with Gasteiger partial charge in [0.15, 0.2) is 0 Å². The maximum Gasteiger partial charge on any atom is 0.338 e. The predicted octanol–water partition coefficient (Wildman–Crippen LogP) is 1.76. The first-order valence-electron chi connectivity index (χ1n) is 4.35. The van der Waals surface area contributed by atoms with Gasteiger partial charge in [0.2, 0.25) is 0 Å². The van der Waals surface area contributed by atoms with E-state index < -0.39 is 28.4 Å². The van der Waals surface area contributed by atoms with Crippen LogP contribution in [0.1, 0.15) is 10.4 Å². The lowest BCUT2D eigenvalue weighted by molar-refractivity contribution is 0.0528. The van der Waals surface area contributed by atoms with Crippen LogP contribution in [-0.2, 0) is 14.9 Å². The normalized spacial score (nSPS) is 11.2. The first-order chi connectivity index (χ1) is 7.78. The summed E-state index contributed by atoms with van der Waals surface area (Å²) in [5.74, 6) is -1.38. The van der Waals surface area contributed by atoms with E-state index in [-0.39, 0.29) is 0 Å². The highest BCUT2D eigenvalue weighted by atomic mass is 127. The van der Waals surface area contributed by atoms with Crippen molar-refractivity contribution in [3.63, 3.8) is 0 Å². The minimum Gasteiger partial charge on any atom is -0.748 e. The van der Waals surface area contributed by atoms with Crippen LogP contribution < -0.4 is 0 Å². The molecule has 0 heterocycles. The molecule has 0 aromatic heterocycles. The van der Waals surface area contributed by atoms with E-state index in [1.165, 1.54) is 0 Å². The van der Waals surface area contributed by atoms with Crippen LogP contribution in [0.15, 0.2) is 22.7 Å². The Morgan fingerprint density at radius 3 is 2.59 bits per heavy atom.